The van der Waals surface area contributed by atoms with Crippen molar-refractivity contribution >= 4 is 15.9 Å². The van der Waals surface area contributed by atoms with Gasteiger partial charge in [0.25, 0.3) is 0 Å². The summed E-state index contributed by atoms with van der Waals surface area (Å²) in [6, 6.07) is 3.21. The average Bonchev–Trinajstić information content (AvgIpc) is 2.09. The highest BCUT2D eigenvalue weighted by Gasteiger charge is 2.08. The lowest BCUT2D eigenvalue weighted by molar-refractivity contribution is -0.0733. The van der Waals surface area contributed by atoms with Gasteiger partial charge in [-0.1, -0.05) is 15.9 Å². The second kappa shape index (κ2) is 4.63. The van der Waals surface area contributed by atoms with Crippen LogP contribution in [0.15, 0.2) is 16.6 Å². The quantitative estimate of drug-likeness (QED) is 0.818. The van der Waals surface area contributed by atoms with Crippen LogP contribution in [0.4, 0.5) is 0 Å². The van der Waals surface area contributed by atoms with Crippen molar-refractivity contribution in [3.05, 3.63) is 22.2 Å². The maximum Gasteiger partial charge on any atom is 0.160 e. The number of nitrogens with zero attached hydrogens (tertiary/aromatic N) is 1. The number of hydroxylamine groups is 2. The fourth-order valence-electron chi connectivity index (χ4n) is 1.12. The average molecular weight is 262 g/mol. The highest BCUT2D eigenvalue weighted by Crippen LogP contribution is 2.32. The third-order valence-corrected chi connectivity index (χ3v) is 2.49. The van der Waals surface area contributed by atoms with Gasteiger partial charge >= 0.3 is 0 Å². The van der Waals surface area contributed by atoms with E-state index in [2.05, 4.69) is 15.9 Å². The van der Waals surface area contributed by atoms with Gasteiger partial charge in [0.05, 0.1) is 7.11 Å². The molecule has 2 N–H and O–H groups in total. The molecular weight excluding hydrogens is 250 g/mol. The first kappa shape index (κ1) is 11.3. The zero-order valence-electron chi connectivity index (χ0n) is 7.99. The van der Waals surface area contributed by atoms with Gasteiger partial charge in [-0.3, -0.25) is 0 Å². The third-order valence-electron chi connectivity index (χ3n) is 1.75. The topological polar surface area (TPSA) is 52.9 Å². The molecular formula is C9H12BrNO3. The monoisotopic (exact) mass is 261 g/mol. The molecule has 4 nitrogen and oxygen atoms in total. The number of ether oxygens (including phenoxy) is 1. The van der Waals surface area contributed by atoms with Crippen molar-refractivity contribution in [1.29, 1.82) is 0 Å². The highest BCUT2D eigenvalue weighted by atomic mass is 79.9. The maximum atomic E-state index is 9.42. The van der Waals surface area contributed by atoms with E-state index in [0.29, 0.717) is 12.3 Å². The maximum absolute atomic E-state index is 9.42. The molecule has 0 radical (unpaired) electrons. The van der Waals surface area contributed by atoms with Crippen LogP contribution in [-0.4, -0.2) is 29.5 Å². The van der Waals surface area contributed by atoms with Gasteiger partial charge in [0.2, 0.25) is 0 Å². The SMILES string of the molecule is COc1cc(CN(C)O)c(Br)cc1O. The number of halogens is 1. The molecule has 0 aliphatic heterocycles. The summed E-state index contributed by atoms with van der Waals surface area (Å²) in [5, 5.41) is 19.5. The standard InChI is InChI=1S/C9H12BrNO3/c1-11(13)5-6-3-9(14-2)8(12)4-7(6)10/h3-4,12-13H,5H2,1-2H3. The molecule has 0 atom stereocenters. The minimum atomic E-state index is 0.0729. The Hall–Kier alpha value is -0.780. The van der Waals surface area contributed by atoms with E-state index < -0.39 is 0 Å². The molecule has 78 valence electrons. The molecule has 0 amide bonds. The summed E-state index contributed by atoms with van der Waals surface area (Å²) in [5.74, 6) is 0.466. The van der Waals surface area contributed by atoms with Crippen molar-refractivity contribution in [3.63, 3.8) is 0 Å². The van der Waals surface area contributed by atoms with Crippen LogP contribution in [-0.2, 0) is 6.54 Å². The van der Waals surface area contributed by atoms with Gasteiger partial charge in [-0.15, -0.1) is 0 Å². The first-order valence-electron chi connectivity index (χ1n) is 4.00. The second-order valence-electron chi connectivity index (χ2n) is 2.93. The molecule has 1 rings (SSSR count). The molecule has 0 saturated carbocycles. The molecule has 0 unspecified atom stereocenters. The predicted molar refractivity (Wildman–Crippen MR) is 55.6 cm³/mol. The summed E-state index contributed by atoms with van der Waals surface area (Å²) in [6.07, 6.45) is 0. The van der Waals surface area contributed by atoms with Crippen LogP contribution in [0.2, 0.25) is 0 Å². The normalized spacial score (nSPS) is 10.6. The molecule has 5 heteroatoms. The van der Waals surface area contributed by atoms with Crippen LogP contribution in [0.25, 0.3) is 0 Å². The van der Waals surface area contributed by atoms with E-state index >= 15 is 0 Å². The number of phenolic OH excluding ortho intramolecular Hbond substituents is 1. The van der Waals surface area contributed by atoms with Crippen molar-refractivity contribution in [2.45, 2.75) is 6.54 Å². The summed E-state index contributed by atoms with van der Waals surface area (Å²) in [5.41, 5.74) is 0.838. The third kappa shape index (κ3) is 2.60. The highest BCUT2D eigenvalue weighted by molar-refractivity contribution is 9.10. The van der Waals surface area contributed by atoms with Crippen molar-refractivity contribution < 1.29 is 15.1 Å². The molecule has 0 aliphatic carbocycles. The Morgan fingerprint density at radius 2 is 2.14 bits per heavy atom. The van der Waals surface area contributed by atoms with Gasteiger partial charge in [-0.2, -0.15) is 5.06 Å². The summed E-state index contributed by atoms with van der Waals surface area (Å²) < 4.78 is 5.68. The fraction of sp³-hybridized carbons (Fsp3) is 0.333. The summed E-state index contributed by atoms with van der Waals surface area (Å²) >= 11 is 3.29. The van der Waals surface area contributed by atoms with Gasteiger partial charge < -0.3 is 15.1 Å². The smallest absolute Gasteiger partial charge is 0.160 e. The number of aromatic hydroxyl groups is 1. The lowest BCUT2D eigenvalue weighted by atomic mass is 10.2. The van der Waals surface area contributed by atoms with Crippen LogP contribution in [0, 0.1) is 0 Å². The van der Waals surface area contributed by atoms with E-state index in [1.54, 1.807) is 13.1 Å². The lowest BCUT2D eigenvalue weighted by Gasteiger charge is -2.12. The number of hydrogen-bond acceptors (Lipinski definition) is 4. The largest absolute Gasteiger partial charge is 0.504 e. The van der Waals surface area contributed by atoms with Crippen LogP contribution in [0.3, 0.4) is 0 Å². The van der Waals surface area contributed by atoms with Gasteiger partial charge in [0.15, 0.2) is 11.5 Å². The molecule has 0 bridgehead atoms. The van der Waals surface area contributed by atoms with Crippen molar-refractivity contribution in [2.75, 3.05) is 14.2 Å². The molecule has 1 aromatic carbocycles. The Kier molecular flexibility index (Phi) is 3.74. The van der Waals surface area contributed by atoms with Crippen molar-refractivity contribution in [2.24, 2.45) is 0 Å². The van der Waals surface area contributed by atoms with E-state index in [1.807, 2.05) is 0 Å². The van der Waals surface area contributed by atoms with Gasteiger partial charge in [-0.05, 0) is 17.7 Å². The first-order chi connectivity index (χ1) is 6.54. The molecule has 0 saturated heterocycles. The minimum absolute atomic E-state index is 0.0729. The van der Waals surface area contributed by atoms with Gasteiger partial charge in [-0.25, -0.2) is 0 Å². The van der Waals surface area contributed by atoms with Gasteiger partial charge in [0.1, 0.15) is 0 Å². The summed E-state index contributed by atoms with van der Waals surface area (Å²) in [7, 11) is 3.03. The van der Waals surface area contributed by atoms with Gasteiger partial charge in [0, 0.05) is 18.1 Å². The number of benzene rings is 1. The molecule has 0 aromatic heterocycles. The number of hydrogen-bond donors (Lipinski definition) is 2. The van der Waals surface area contributed by atoms with Crippen LogP contribution in [0.1, 0.15) is 5.56 Å². The molecule has 0 fully saturated rings. The molecule has 0 heterocycles. The molecule has 0 aliphatic rings. The Morgan fingerprint density at radius 3 is 2.64 bits per heavy atom. The lowest BCUT2D eigenvalue weighted by Crippen LogP contribution is -2.12. The van der Waals surface area contributed by atoms with Crippen molar-refractivity contribution in [1.82, 2.24) is 5.06 Å². The minimum Gasteiger partial charge on any atom is -0.504 e. The zero-order chi connectivity index (χ0) is 10.7. The van der Waals surface area contributed by atoms with E-state index in [9.17, 15) is 5.11 Å². The number of phenols is 1. The Balaban J connectivity index is 3.04. The Labute approximate surface area is 90.8 Å². The van der Waals surface area contributed by atoms with E-state index in [-0.39, 0.29) is 5.75 Å². The molecule has 1 aromatic rings. The van der Waals surface area contributed by atoms with Crippen LogP contribution >= 0.6 is 15.9 Å². The predicted octanol–water partition coefficient (Wildman–Crippen LogP) is 1.98. The van der Waals surface area contributed by atoms with E-state index in [0.717, 1.165) is 15.1 Å². The summed E-state index contributed by atoms with van der Waals surface area (Å²) in [6.45, 7) is 0.358. The van der Waals surface area contributed by atoms with Crippen molar-refractivity contribution in [3.8, 4) is 11.5 Å². The zero-order valence-corrected chi connectivity index (χ0v) is 9.58. The Bertz CT molecular complexity index is 328. The molecule has 0 spiro atoms. The number of methoxy groups -OCH3 is 1. The summed E-state index contributed by atoms with van der Waals surface area (Å²) in [4.78, 5) is 0. The number of rotatable bonds is 3. The van der Waals surface area contributed by atoms with E-state index in [4.69, 9.17) is 9.94 Å². The first-order valence-corrected chi connectivity index (χ1v) is 4.79. The molecule has 14 heavy (non-hydrogen) atoms. The van der Waals surface area contributed by atoms with Crippen LogP contribution in [0.5, 0.6) is 11.5 Å². The fourth-order valence-corrected chi connectivity index (χ4v) is 1.57. The second-order valence-corrected chi connectivity index (χ2v) is 3.79. The van der Waals surface area contributed by atoms with E-state index in [1.165, 1.54) is 13.2 Å². The Morgan fingerprint density at radius 1 is 1.50 bits per heavy atom. The van der Waals surface area contributed by atoms with Crippen LogP contribution < -0.4 is 4.74 Å².